The van der Waals surface area contributed by atoms with E-state index in [0.29, 0.717) is 25.0 Å². The van der Waals surface area contributed by atoms with Gasteiger partial charge in [0.2, 0.25) is 5.91 Å². The molecule has 2 aromatic heterocycles. The molecule has 2 aromatic rings. The Balaban J connectivity index is 0.000000301. The van der Waals surface area contributed by atoms with E-state index in [4.69, 9.17) is 19.8 Å². The Hall–Kier alpha value is -3.27. The van der Waals surface area contributed by atoms with E-state index in [9.17, 15) is 31.1 Å². The normalized spacial score (nSPS) is 19.3. The van der Waals surface area contributed by atoms with Gasteiger partial charge in [0.25, 0.3) is 0 Å². The smallest absolute Gasteiger partial charge is 0.475 e. The van der Waals surface area contributed by atoms with Gasteiger partial charge < -0.3 is 15.1 Å². The van der Waals surface area contributed by atoms with Crippen molar-refractivity contribution in [2.45, 2.75) is 64.2 Å². The standard InChI is InChI=1S/C18H22N4OS.2C2HF3O2/c1-12-4-3-5-14(19-12)10-22-16-6-7-21(17(16)8-18(22)23)9-15-11-24-13(2)20-15;2*3-2(4,5)1(6)7/h3-5,11,16-17H,6-10H2,1-2H3;2*(H,6,7)/t16-,17-;;/m0../s1. The number of hydrogen-bond acceptors (Lipinski definition) is 7. The molecule has 2 saturated heterocycles. The minimum absolute atomic E-state index is 0.257. The molecule has 0 aromatic carbocycles. The molecule has 16 heteroatoms. The van der Waals surface area contributed by atoms with Crippen LogP contribution >= 0.6 is 11.3 Å². The van der Waals surface area contributed by atoms with E-state index in [1.807, 2.05) is 36.9 Å². The van der Waals surface area contributed by atoms with Crippen molar-refractivity contribution in [3.8, 4) is 0 Å². The van der Waals surface area contributed by atoms with Crippen LogP contribution in [0.5, 0.6) is 0 Å². The second-order valence-corrected chi connectivity index (χ2v) is 9.42. The lowest BCUT2D eigenvalue weighted by Gasteiger charge is -2.25. The first kappa shape index (κ1) is 31.0. The second kappa shape index (κ2) is 12.5. The monoisotopic (exact) mass is 570 g/mol. The number of nitrogens with zero attached hydrogens (tertiary/aromatic N) is 4. The van der Waals surface area contributed by atoms with Crippen molar-refractivity contribution < 1.29 is 50.9 Å². The van der Waals surface area contributed by atoms with E-state index >= 15 is 0 Å². The Morgan fingerprint density at radius 3 is 2.03 bits per heavy atom. The first-order valence-electron chi connectivity index (χ1n) is 11.0. The van der Waals surface area contributed by atoms with E-state index < -0.39 is 24.3 Å². The average molecular weight is 571 g/mol. The van der Waals surface area contributed by atoms with Crippen molar-refractivity contribution in [3.05, 3.63) is 45.7 Å². The maximum atomic E-state index is 12.5. The molecule has 0 radical (unpaired) electrons. The number of carboxylic acid groups (broad SMARTS) is 2. The highest BCUT2D eigenvalue weighted by atomic mass is 32.1. The van der Waals surface area contributed by atoms with Crippen LogP contribution in [0, 0.1) is 13.8 Å². The average Bonchev–Trinajstić information content (AvgIpc) is 3.45. The van der Waals surface area contributed by atoms with Crippen LogP contribution in [-0.2, 0) is 27.5 Å². The molecule has 9 nitrogen and oxygen atoms in total. The second-order valence-electron chi connectivity index (χ2n) is 8.35. The van der Waals surface area contributed by atoms with E-state index in [0.717, 1.165) is 41.6 Å². The summed E-state index contributed by atoms with van der Waals surface area (Å²) in [5.74, 6) is -5.26. The number of carboxylic acids is 2. The van der Waals surface area contributed by atoms with Crippen LogP contribution < -0.4 is 0 Å². The molecule has 210 valence electrons. The first-order chi connectivity index (χ1) is 17.5. The number of carbonyl (C=O) groups is 3. The quantitative estimate of drug-likeness (QED) is 0.533. The third-order valence-electron chi connectivity index (χ3n) is 5.52. The number of thiazole rings is 1. The van der Waals surface area contributed by atoms with Gasteiger partial charge in [-0.15, -0.1) is 11.3 Å². The molecule has 2 fully saturated rings. The van der Waals surface area contributed by atoms with Gasteiger partial charge in [0.15, 0.2) is 0 Å². The van der Waals surface area contributed by atoms with Crippen molar-refractivity contribution in [1.29, 1.82) is 0 Å². The molecular weight excluding hydrogens is 546 g/mol. The van der Waals surface area contributed by atoms with Crippen molar-refractivity contribution >= 4 is 29.2 Å². The molecule has 4 heterocycles. The van der Waals surface area contributed by atoms with Gasteiger partial charge in [-0.05, 0) is 32.4 Å². The predicted octanol–water partition coefficient (Wildman–Crippen LogP) is 3.80. The molecule has 38 heavy (non-hydrogen) atoms. The number of rotatable bonds is 4. The summed E-state index contributed by atoms with van der Waals surface area (Å²) in [6.07, 6.45) is -8.50. The lowest BCUT2D eigenvalue weighted by molar-refractivity contribution is -0.193. The highest BCUT2D eigenvalue weighted by Crippen LogP contribution is 2.34. The van der Waals surface area contributed by atoms with E-state index in [-0.39, 0.29) is 5.91 Å². The summed E-state index contributed by atoms with van der Waals surface area (Å²) < 4.78 is 63.5. The van der Waals surface area contributed by atoms with Gasteiger partial charge in [0.05, 0.1) is 22.9 Å². The molecule has 0 aliphatic carbocycles. The zero-order valence-electron chi connectivity index (χ0n) is 20.1. The number of carbonyl (C=O) groups excluding carboxylic acids is 1. The number of halogens is 6. The summed E-state index contributed by atoms with van der Waals surface area (Å²) in [4.78, 5) is 43.9. The summed E-state index contributed by atoms with van der Waals surface area (Å²) in [6, 6.07) is 6.66. The maximum absolute atomic E-state index is 12.5. The number of hydrogen-bond donors (Lipinski definition) is 2. The van der Waals surface area contributed by atoms with Crippen LogP contribution in [-0.4, -0.2) is 78.8 Å². The topological polar surface area (TPSA) is 124 Å². The SMILES string of the molecule is Cc1cccc(CN2C(=O)C[C@H]3[C@@H]2CCN3Cc2csc(C)n2)n1.O=C(O)C(F)(F)F.O=C(O)C(F)(F)F. The Bertz CT molecular complexity index is 1120. The largest absolute Gasteiger partial charge is 0.490 e. The Kier molecular flexibility index (Phi) is 10.2. The molecule has 0 spiro atoms. The predicted molar refractivity (Wildman–Crippen MR) is 121 cm³/mol. The van der Waals surface area contributed by atoms with Crippen molar-refractivity contribution in [3.63, 3.8) is 0 Å². The number of alkyl halides is 6. The highest BCUT2D eigenvalue weighted by molar-refractivity contribution is 7.09. The third kappa shape index (κ3) is 8.93. The fourth-order valence-corrected chi connectivity index (χ4v) is 4.57. The van der Waals surface area contributed by atoms with Gasteiger partial charge >= 0.3 is 24.3 Å². The zero-order chi connectivity index (χ0) is 28.8. The van der Waals surface area contributed by atoms with Gasteiger partial charge in [-0.1, -0.05) is 6.07 Å². The van der Waals surface area contributed by atoms with E-state index in [1.54, 1.807) is 11.3 Å². The third-order valence-corrected chi connectivity index (χ3v) is 6.35. The van der Waals surface area contributed by atoms with E-state index in [2.05, 4.69) is 20.2 Å². The van der Waals surface area contributed by atoms with E-state index in [1.165, 1.54) is 0 Å². The minimum atomic E-state index is -5.08. The Labute approximate surface area is 216 Å². The summed E-state index contributed by atoms with van der Waals surface area (Å²) in [5, 5.41) is 17.5. The lowest BCUT2D eigenvalue weighted by Crippen LogP contribution is -2.37. The summed E-state index contributed by atoms with van der Waals surface area (Å²) in [7, 11) is 0. The molecular formula is C22H24F6N4O5S. The minimum Gasteiger partial charge on any atom is -0.475 e. The van der Waals surface area contributed by atoms with Crippen LogP contribution in [0.3, 0.4) is 0 Å². The summed E-state index contributed by atoms with van der Waals surface area (Å²) >= 11 is 1.69. The molecule has 2 aliphatic heterocycles. The van der Waals surface area contributed by atoms with Crippen molar-refractivity contribution in [1.82, 2.24) is 19.8 Å². The fourth-order valence-electron chi connectivity index (χ4n) is 3.96. The summed E-state index contributed by atoms with van der Waals surface area (Å²) in [5.41, 5.74) is 3.12. The molecule has 2 N–H and O–H groups in total. The molecule has 0 unspecified atom stereocenters. The van der Waals surface area contributed by atoms with Crippen molar-refractivity contribution in [2.24, 2.45) is 0 Å². The van der Waals surface area contributed by atoms with Crippen LogP contribution in [0.1, 0.15) is 34.9 Å². The maximum Gasteiger partial charge on any atom is 0.490 e. The fraction of sp³-hybridized carbons (Fsp3) is 0.500. The Morgan fingerprint density at radius 2 is 1.55 bits per heavy atom. The molecule has 0 saturated carbocycles. The molecule has 2 atom stereocenters. The Morgan fingerprint density at radius 1 is 0.974 bits per heavy atom. The van der Waals surface area contributed by atoms with Crippen LogP contribution in [0.2, 0.25) is 0 Å². The van der Waals surface area contributed by atoms with Gasteiger partial charge in [0.1, 0.15) is 0 Å². The first-order valence-corrected chi connectivity index (χ1v) is 11.8. The van der Waals surface area contributed by atoms with Crippen LogP contribution in [0.25, 0.3) is 0 Å². The van der Waals surface area contributed by atoms with Crippen molar-refractivity contribution in [2.75, 3.05) is 6.54 Å². The van der Waals surface area contributed by atoms with Gasteiger partial charge in [-0.3, -0.25) is 14.7 Å². The van der Waals surface area contributed by atoms with Gasteiger partial charge in [-0.25, -0.2) is 14.6 Å². The number of fused-ring (bicyclic) bond motifs is 1. The van der Waals surface area contributed by atoms with Gasteiger partial charge in [0, 0.05) is 42.7 Å². The number of amides is 1. The number of aromatic nitrogens is 2. The number of aliphatic carboxylic acids is 2. The highest BCUT2D eigenvalue weighted by Gasteiger charge is 2.46. The van der Waals surface area contributed by atoms with Crippen LogP contribution in [0.15, 0.2) is 23.6 Å². The molecule has 1 amide bonds. The lowest BCUT2D eigenvalue weighted by atomic mass is 10.1. The molecule has 4 rings (SSSR count). The molecule has 0 bridgehead atoms. The summed E-state index contributed by atoms with van der Waals surface area (Å²) in [6.45, 7) is 6.56. The van der Waals surface area contributed by atoms with Gasteiger partial charge in [-0.2, -0.15) is 26.3 Å². The van der Waals surface area contributed by atoms with Crippen LogP contribution in [0.4, 0.5) is 26.3 Å². The molecule has 2 aliphatic rings. The number of likely N-dealkylation sites (tertiary alicyclic amines) is 2. The number of aryl methyl sites for hydroxylation is 2. The number of pyridine rings is 1. The zero-order valence-corrected chi connectivity index (χ0v) is 20.9.